The van der Waals surface area contributed by atoms with Crippen LogP contribution in [0, 0.1) is 0 Å². The van der Waals surface area contributed by atoms with Crippen molar-refractivity contribution in [3.05, 3.63) is 0 Å². The van der Waals surface area contributed by atoms with Crippen LogP contribution < -0.4 is 0 Å². The molecule has 1 radical (unpaired) electrons. The van der Waals surface area contributed by atoms with E-state index in [1.54, 1.807) is 0 Å². The molecule has 0 atom stereocenters. The second-order valence-corrected chi connectivity index (χ2v) is 0. The van der Waals surface area contributed by atoms with Crippen molar-refractivity contribution >= 4 is 18.9 Å². The standard InChI is InChI=1S/CH4.Li.Mn.Ni.H/h1H4;;;;. The molecule has 0 aromatic rings. The van der Waals surface area contributed by atoms with Gasteiger partial charge in [0.25, 0.3) is 0 Å². The molecule has 0 rings (SSSR count). The van der Waals surface area contributed by atoms with Gasteiger partial charge in [-0.15, -0.1) is 0 Å². The Kier molecular flexibility index (Phi) is 266. The van der Waals surface area contributed by atoms with Crippen LogP contribution in [0.15, 0.2) is 0 Å². The van der Waals surface area contributed by atoms with E-state index in [4.69, 9.17) is 0 Å². The molecule has 3 heteroatoms. The van der Waals surface area contributed by atoms with Crippen LogP contribution in [0.3, 0.4) is 0 Å². The van der Waals surface area contributed by atoms with Gasteiger partial charge in [0.15, 0.2) is 0 Å². The number of hydrogen-bond acceptors (Lipinski definition) is 0. The summed E-state index contributed by atoms with van der Waals surface area (Å²) in [4.78, 5) is 0. The van der Waals surface area contributed by atoms with Crippen LogP contribution in [-0.4, -0.2) is 18.9 Å². The van der Waals surface area contributed by atoms with Crippen molar-refractivity contribution in [3.8, 4) is 0 Å². The van der Waals surface area contributed by atoms with Gasteiger partial charge in [-0.2, -0.15) is 0 Å². The Balaban J connectivity index is 0. The number of hydrogen-bond donors (Lipinski definition) is 0. The summed E-state index contributed by atoms with van der Waals surface area (Å²) in [6, 6.07) is 0. The van der Waals surface area contributed by atoms with E-state index in [2.05, 4.69) is 0 Å². The Labute approximate surface area is 59.7 Å². The Morgan fingerprint density at radius 1 is 1.00 bits per heavy atom. The summed E-state index contributed by atoms with van der Waals surface area (Å²) in [6.07, 6.45) is 0. The first-order valence-electron chi connectivity index (χ1n) is 0. The van der Waals surface area contributed by atoms with E-state index < -0.39 is 0 Å². The zero-order valence-electron chi connectivity index (χ0n) is 0.694. The van der Waals surface area contributed by atoms with Gasteiger partial charge < -0.3 is 0 Å². The van der Waals surface area contributed by atoms with Crippen molar-refractivity contribution in [2.75, 3.05) is 0 Å². The molecule has 27 valence electrons. The minimum atomic E-state index is 0. The molecule has 0 saturated carbocycles. The van der Waals surface area contributed by atoms with Gasteiger partial charge in [-0.05, 0) is 0 Å². The van der Waals surface area contributed by atoms with Crippen molar-refractivity contribution in [2.24, 2.45) is 0 Å². The van der Waals surface area contributed by atoms with Crippen LogP contribution in [0.5, 0.6) is 0 Å². The molecule has 0 aromatic carbocycles. The normalized spacial score (nSPS) is 0. The van der Waals surface area contributed by atoms with Crippen molar-refractivity contribution in [1.29, 1.82) is 0 Å². The van der Waals surface area contributed by atoms with E-state index in [1.807, 2.05) is 0 Å². The summed E-state index contributed by atoms with van der Waals surface area (Å²) < 4.78 is 0. The summed E-state index contributed by atoms with van der Waals surface area (Å²) in [5.41, 5.74) is 0. The van der Waals surface area contributed by atoms with Gasteiger partial charge in [0.2, 0.25) is 0 Å². The van der Waals surface area contributed by atoms with Crippen LogP contribution in [0.1, 0.15) is 7.43 Å². The third-order valence-corrected chi connectivity index (χ3v) is 0. The molecule has 0 aliphatic rings. The summed E-state index contributed by atoms with van der Waals surface area (Å²) in [5.74, 6) is 0. The zero-order valence-corrected chi connectivity index (χ0v) is 2.86. The Morgan fingerprint density at radius 2 is 1.00 bits per heavy atom. The van der Waals surface area contributed by atoms with Gasteiger partial charge in [-0.3, -0.25) is 0 Å². The SMILES string of the molecule is C.[LiH].[Mn].[Ni]. The molecular formula is CH5LiMnNi. The molecule has 0 N–H and O–H groups in total. The maximum absolute atomic E-state index is 0. The predicted octanol–water partition coefficient (Wildman–Crippen LogP) is -0.0174. The van der Waals surface area contributed by atoms with Gasteiger partial charge in [0.05, 0.1) is 0 Å². The van der Waals surface area contributed by atoms with Crippen LogP contribution in [0.4, 0.5) is 0 Å². The van der Waals surface area contributed by atoms with Crippen LogP contribution in [0.25, 0.3) is 0 Å². The smallest absolute Gasteiger partial charge is 0 e. The molecular weight excluding hydrogens is 133 g/mol. The largest absolute Gasteiger partial charge is 0 e. The van der Waals surface area contributed by atoms with E-state index in [0.29, 0.717) is 0 Å². The summed E-state index contributed by atoms with van der Waals surface area (Å²) in [6.45, 7) is 0. The Bertz CT molecular complexity index is 8.00. The van der Waals surface area contributed by atoms with E-state index in [0.717, 1.165) is 0 Å². The van der Waals surface area contributed by atoms with E-state index >= 15 is 0 Å². The van der Waals surface area contributed by atoms with Crippen LogP contribution in [0.2, 0.25) is 0 Å². The molecule has 4 heavy (non-hydrogen) atoms. The molecule has 0 saturated heterocycles. The van der Waals surface area contributed by atoms with Gasteiger partial charge in [-0.25, -0.2) is 0 Å². The Hall–Kier alpha value is 1.61. The maximum atomic E-state index is 0. The first kappa shape index (κ1) is 46.0. The van der Waals surface area contributed by atoms with Gasteiger partial charge in [0, 0.05) is 33.6 Å². The van der Waals surface area contributed by atoms with E-state index in [-0.39, 0.29) is 59.8 Å². The second kappa shape index (κ2) is 23.2. The molecule has 0 bridgehead atoms. The third-order valence-electron chi connectivity index (χ3n) is 0. The average molecular weight is 138 g/mol. The second-order valence-electron chi connectivity index (χ2n) is 0. The first-order valence-corrected chi connectivity index (χ1v) is 0. The summed E-state index contributed by atoms with van der Waals surface area (Å²) in [7, 11) is 0. The van der Waals surface area contributed by atoms with Crippen LogP contribution >= 0.6 is 0 Å². The van der Waals surface area contributed by atoms with Crippen molar-refractivity contribution in [3.63, 3.8) is 0 Å². The van der Waals surface area contributed by atoms with Crippen LogP contribution in [-0.2, 0) is 33.6 Å². The van der Waals surface area contributed by atoms with Crippen molar-refractivity contribution in [2.45, 2.75) is 7.43 Å². The van der Waals surface area contributed by atoms with Crippen molar-refractivity contribution < 1.29 is 33.6 Å². The topological polar surface area (TPSA) is 0 Å². The summed E-state index contributed by atoms with van der Waals surface area (Å²) >= 11 is 0. The maximum Gasteiger partial charge on any atom is 0 e. The van der Waals surface area contributed by atoms with E-state index in [1.165, 1.54) is 0 Å². The Morgan fingerprint density at radius 3 is 1.00 bits per heavy atom. The zero-order chi connectivity index (χ0) is 0. The molecule has 0 heterocycles. The molecule has 0 aliphatic carbocycles. The molecule has 0 unspecified atom stereocenters. The third kappa shape index (κ3) is 9.49. The molecule has 0 fully saturated rings. The monoisotopic (exact) mass is 137 g/mol. The van der Waals surface area contributed by atoms with Gasteiger partial charge in [-0.1, -0.05) is 7.43 Å². The van der Waals surface area contributed by atoms with Crippen molar-refractivity contribution in [1.82, 2.24) is 0 Å². The fourth-order valence-electron chi connectivity index (χ4n) is 0. The van der Waals surface area contributed by atoms with Gasteiger partial charge >= 0.3 is 18.9 Å². The minimum Gasteiger partial charge on any atom is 0 e. The molecule has 0 nitrogen and oxygen atoms in total. The number of rotatable bonds is 0. The molecule has 0 aromatic heterocycles. The average Bonchev–Trinajstić information content (AvgIpc) is 0. The molecule has 0 aliphatic heterocycles. The first-order chi connectivity index (χ1) is 0. The molecule has 0 amide bonds. The summed E-state index contributed by atoms with van der Waals surface area (Å²) in [5, 5.41) is 0. The molecule has 0 spiro atoms. The van der Waals surface area contributed by atoms with E-state index in [9.17, 15) is 0 Å². The van der Waals surface area contributed by atoms with Gasteiger partial charge in [0.1, 0.15) is 0 Å². The quantitative estimate of drug-likeness (QED) is 0.412. The minimum absolute atomic E-state index is 0. The fourth-order valence-corrected chi connectivity index (χ4v) is 0. The fraction of sp³-hybridized carbons (Fsp3) is 1.00. The predicted molar refractivity (Wildman–Crippen MR) is 13.9 cm³/mol.